The molecule has 1 atom stereocenters. The fourth-order valence-corrected chi connectivity index (χ4v) is 5.20. The van der Waals surface area contributed by atoms with Crippen LogP contribution >= 0.6 is 0 Å². The number of nitriles is 1. The van der Waals surface area contributed by atoms with Crippen molar-refractivity contribution in [2.45, 2.75) is 19.4 Å². The van der Waals surface area contributed by atoms with Gasteiger partial charge in [-0.1, -0.05) is 36.4 Å². The van der Waals surface area contributed by atoms with Crippen molar-refractivity contribution in [1.29, 1.82) is 5.26 Å². The molecule has 0 saturated carbocycles. The van der Waals surface area contributed by atoms with Crippen molar-refractivity contribution >= 4 is 28.7 Å². The summed E-state index contributed by atoms with van der Waals surface area (Å²) in [7, 11) is 1.91. The number of para-hydroxylation sites is 1. The summed E-state index contributed by atoms with van der Waals surface area (Å²) >= 11 is 0. The fourth-order valence-electron chi connectivity index (χ4n) is 5.20. The first kappa shape index (κ1) is 25.8. The lowest BCUT2D eigenvalue weighted by molar-refractivity contribution is -0.126. The molecule has 4 aromatic carbocycles. The maximum absolute atomic E-state index is 13.9. The molecule has 0 radical (unpaired) electrons. The minimum Gasteiger partial charge on any atom is -0.457 e. The molecule has 3 amide bonds. The van der Waals surface area contributed by atoms with Gasteiger partial charge in [-0.2, -0.15) is 5.26 Å². The summed E-state index contributed by atoms with van der Waals surface area (Å²) in [6, 6.07) is 30.8. The van der Waals surface area contributed by atoms with E-state index >= 15 is 0 Å². The molecule has 0 aliphatic carbocycles. The van der Waals surface area contributed by atoms with E-state index in [0.717, 1.165) is 22.2 Å². The molecule has 1 aliphatic rings. The average Bonchev–Trinajstić information content (AvgIpc) is 3.47. The highest BCUT2D eigenvalue weighted by Crippen LogP contribution is 2.34. The van der Waals surface area contributed by atoms with Crippen LogP contribution in [0.2, 0.25) is 0 Å². The minimum atomic E-state index is -0.647. The number of hydrogen-bond acceptors (Lipinski definition) is 5. The van der Waals surface area contributed by atoms with Crippen LogP contribution in [0.1, 0.15) is 28.6 Å². The van der Waals surface area contributed by atoms with E-state index in [0.29, 0.717) is 35.0 Å². The topological polar surface area (TPSA) is 91.5 Å². The van der Waals surface area contributed by atoms with Crippen molar-refractivity contribution in [3.8, 4) is 17.6 Å². The molecule has 8 nitrogen and oxygen atoms in total. The number of fused-ring (bicyclic) bond motifs is 1. The summed E-state index contributed by atoms with van der Waals surface area (Å²) in [5, 5.41) is 9.22. The van der Waals surface area contributed by atoms with Gasteiger partial charge in [0.25, 0.3) is 5.91 Å². The lowest BCUT2D eigenvalue weighted by atomic mass is 10.0. The molecule has 8 heteroatoms. The van der Waals surface area contributed by atoms with Gasteiger partial charge in [0.2, 0.25) is 0 Å². The molecule has 0 N–H and O–H groups in total. The number of carbonyl (C=O) groups excluding carboxylic acids is 2. The summed E-state index contributed by atoms with van der Waals surface area (Å²) in [5.41, 5.74) is 4.85. The third-order valence-corrected chi connectivity index (χ3v) is 7.32. The Morgan fingerprint density at radius 3 is 2.34 bits per heavy atom. The number of benzene rings is 4. The third-order valence-electron chi connectivity index (χ3n) is 7.32. The van der Waals surface area contributed by atoms with Crippen molar-refractivity contribution in [3.63, 3.8) is 0 Å². The second-order valence-corrected chi connectivity index (χ2v) is 10.1. The van der Waals surface area contributed by atoms with Gasteiger partial charge in [-0.3, -0.25) is 14.6 Å². The Labute approximate surface area is 237 Å². The zero-order valence-corrected chi connectivity index (χ0v) is 22.7. The largest absolute Gasteiger partial charge is 0.457 e. The number of imide groups is 1. The third kappa shape index (κ3) is 5.01. The van der Waals surface area contributed by atoms with E-state index in [2.05, 4.69) is 6.07 Å². The number of ether oxygens (including phenoxy) is 1. The van der Waals surface area contributed by atoms with Crippen molar-refractivity contribution in [2.75, 3.05) is 11.4 Å². The highest BCUT2D eigenvalue weighted by Gasteiger charge is 2.43. The van der Waals surface area contributed by atoms with E-state index < -0.39 is 12.1 Å². The number of aryl methyl sites for hydroxylation is 2. The van der Waals surface area contributed by atoms with Crippen LogP contribution in [0, 0.1) is 18.3 Å². The summed E-state index contributed by atoms with van der Waals surface area (Å²) in [6.45, 7) is 1.94. The first-order chi connectivity index (χ1) is 19.9. The van der Waals surface area contributed by atoms with Gasteiger partial charge in [0.15, 0.2) is 0 Å². The first-order valence-corrected chi connectivity index (χ1v) is 13.3. The molecular formula is C33H27N5O3. The lowest BCUT2D eigenvalue weighted by Gasteiger charge is -2.26. The fraction of sp³-hybridized carbons (Fsp3) is 0.152. The number of amides is 3. The van der Waals surface area contributed by atoms with Crippen LogP contribution in [0.15, 0.2) is 97.1 Å². The van der Waals surface area contributed by atoms with Crippen molar-refractivity contribution in [1.82, 2.24) is 14.5 Å². The van der Waals surface area contributed by atoms with E-state index in [-0.39, 0.29) is 12.5 Å². The Bertz CT molecular complexity index is 1790. The van der Waals surface area contributed by atoms with Crippen molar-refractivity contribution in [3.05, 3.63) is 120 Å². The Hall–Kier alpha value is -5.42. The first-order valence-electron chi connectivity index (χ1n) is 13.3. The minimum absolute atomic E-state index is 0.0787. The average molecular weight is 542 g/mol. The predicted octanol–water partition coefficient (Wildman–Crippen LogP) is 6.30. The molecule has 1 aromatic heterocycles. The zero-order valence-electron chi connectivity index (χ0n) is 22.7. The van der Waals surface area contributed by atoms with Crippen LogP contribution in [0.25, 0.3) is 11.0 Å². The van der Waals surface area contributed by atoms with Gasteiger partial charge >= 0.3 is 6.03 Å². The molecule has 5 aromatic rings. The van der Waals surface area contributed by atoms with E-state index in [4.69, 9.17) is 9.72 Å². The summed E-state index contributed by atoms with van der Waals surface area (Å²) in [4.78, 5) is 35.1. The normalized spacial score (nSPS) is 14.0. The summed E-state index contributed by atoms with van der Waals surface area (Å²) in [5.74, 6) is 1.65. The highest BCUT2D eigenvalue weighted by atomic mass is 16.5. The molecule has 2 heterocycles. The SMILES string of the molecule is Cc1ccc2nc([C@H](Cc3ccc(C#N)cc3)N3C(=O)CN(c4ccc(Oc5ccccc5)cc4)C3=O)n(C)c2c1. The van der Waals surface area contributed by atoms with Crippen LogP contribution < -0.4 is 9.64 Å². The molecule has 41 heavy (non-hydrogen) atoms. The zero-order chi connectivity index (χ0) is 28.5. The van der Waals surface area contributed by atoms with Crippen molar-refractivity contribution in [2.24, 2.45) is 7.05 Å². The summed E-state index contributed by atoms with van der Waals surface area (Å²) in [6.07, 6.45) is 0.358. The van der Waals surface area contributed by atoms with Crippen LogP contribution in [0.3, 0.4) is 0 Å². The number of nitrogens with zero attached hydrogens (tertiary/aromatic N) is 5. The second-order valence-electron chi connectivity index (χ2n) is 10.1. The highest BCUT2D eigenvalue weighted by molar-refractivity contribution is 6.12. The smallest absolute Gasteiger partial charge is 0.332 e. The Morgan fingerprint density at radius 2 is 1.63 bits per heavy atom. The second kappa shape index (κ2) is 10.6. The Balaban J connectivity index is 1.33. The van der Waals surface area contributed by atoms with E-state index in [1.807, 2.05) is 79.2 Å². The number of rotatable bonds is 7. The number of hydrogen-bond donors (Lipinski definition) is 0. The lowest BCUT2D eigenvalue weighted by Crippen LogP contribution is -2.38. The molecular weight excluding hydrogens is 514 g/mol. The van der Waals surface area contributed by atoms with Crippen LogP contribution in [0.5, 0.6) is 11.5 Å². The summed E-state index contributed by atoms with van der Waals surface area (Å²) < 4.78 is 7.84. The number of urea groups is 1. The van der Waals surface area contributed by atoms with Crippen LogP contribution in [-0.4, -0.2) is 32.9 Å². The number of anilines is 1. The molecule has 1 fully saturated rings. The van der Waals surface area contributed by atoms with Gasteiger partial charge in [0.1, 0.15) is 29.9 Å². The molecule has 6 rings (SSSR count). The molecule has 1 saturated heterocycles. The predicted molar refractivity (Wildman–Crippen MR) is 156 cm³/mol. The quantitative estimate of drug-likeness (QED) is 0.226. The van der Waals surface area contributed by atoms with Gasteiger partial charge in [-0.25, -0.2) is 9.78 Å². The standard InChI is InChI=1S/C33H27N5O3/c1-22-8-17-28-29(18-22)36(2)32(35-28)30(19-23-9-11-24(20-34)12-10-23)38-31(39)21-37(33(38)40)25-13-15-27(16-14-25)41-26-6-4-3-5-7-26/h3-18,30H,19,21H2,1-2H3/t30-/m0/s1. The van der Waals surface area contributed by atoms with Gasteiger partial charge in [0.05, 0.1) is 22.7 Å². The van der Waals surface area contributed by atoms with E-state index in [1.165, 1.54) is 9.80 Å². The van der Waals surface area contributed by atoms with E-state index in [1.54, 1.807) is 36.4 Å². The number of carbonyl (C=O) groups is 2. The van der Waals surface area contributed by atoms with Gasteiger partial charge in [-0.05, 0) is 78.7 Å². The Kier molecular flexibility index (Phi) is 6.70. The Morgan fingerprint density at radius 1 is 0.927 bits per heavy atom. The molecule has 0 unspecified atom stereocenters. The molecule has 202 valence electrons. The van der Waals surface area contributed by atoms with E-state index in [9.17, 15) is 14.9 Å². The maximum atomic E-state index is 13.9. The van der Waals surface area contributed by atoms with Crippen LogP contribution in [-0.2, 0) is 18.3 Å². The molecule has 0 spiro atoms. The monoisotopic (exact) mass is 541 g/mol. The van der Waals surface area contributed by atoms with Gasteiger partial charge in [0, 0.05) is 19.2 Å². The van der Waals surface area contributed by atoms with Gasteiger partial charge in [-0.15, -0.1) is 0 Å². The number of aromatic nitrogens is 2. The number of imidazole rings is 1. The van der Waals surface area contributed by atoms with Crippen LogP contribution in [0.4, 0.5) is 10.5 Å². The molecule has 0 bridgehead atoms. The van der Waals surface area contributed by atoms with Gasteiger partial charge < -0.3 is 9.30 Å². The molecule has 1 aliphatic heterocycles. The maximum Gasteiger partial charge on any atom is 0.332 e. The van der Waals surface area contributed by atoms with Crippen molar-refractivity contribution < 1.29 is 14.3 Å².